The Morgan fingerprint density at radius 1 is 0.821 bits per heavy atom. The number of aromatic nitrogens is 3. The van der Waals surface area contributed by atoms with Gasteiger partial charge in [-0.05, 0) is 72.5 Å². The Labute approximate surface area is 162 Å². The lowest BCUT2D eigenvalue weighted by molar-refractivity contribution is 0.626. The number of benzene rings is 2. The minimum atomic E-state index is -0.270. The number of nitrogens with zero attached hydrogens (tertiary/aromatic N) is 3. The molecule has 140 valence electrons. The predicted octanol–water partition coefficient (Wildman–Crippen LogP) is 5.21. The summed E-state index contributed by atoms with van der Waals surface area (Å²) in [6.07, 6.45) is 5.29. The van der Waals surface area contributed by atoms with Gasteiger partial charge in [-0.25, -0.2) is 8.78 Å². The van der Waals surface area contributed by atoms with E-state index in [0.29, 0.717) is 0 Å². The van der Waals surface area contributed by atoms with Crippen molar-refractivity contribution in [3.63, 3.8) is 0 Å². The zero-order chi connectivity index (χ0) is 19.5. The van der Waals surface area contributed by atoms with Crippen LogP contribution in [0.2, 0.25) is 0 Å². The topological polar surface area (TPSA) is 30.7 Å². The molecule has 5 heteroatoms. The van der Waals surface area contributed by atoms with Gasteiger partial charge in [0, 0.05) is 36.3 Å². The molecule has 0 radical (unpaired) electrons. The van der Waals surface area contributed by atoms with Crippen molar-refractivity contribution in [1.29, 1.82) is 0 Å². The van der Waals surface area contributed by atoms with Gasteiger partial charge in [0.25, 0.3) is 0 Å². The first-order chi connectivity index (χ1) is 13.6. The number of aryl methyl sites for hydroxylation is 3. The fourth-order valence-electron chi connectivity index (χ4n) is 3.23. The SMILES string of the molecule is Cn1cc(-c2ccnc(CCc3ccc(F)cc3)c2)c(-c2ccc(F)cc2)n1. The van der Waals surface area contributed by atoms with Gasteiger partial charge in [0.05, 0.1) is 0 Å². The summed E-state index contributed by atoms with van der Waals surface area (Å²) in [4.78, 5) is 4.47. The fourth-order valence-corrected chi connectivity index (χ4v) is 3.23. The summed E-state index contributed by atoms with van der Waals surface area (Å²) in [5.74, 6) is -0.498. The lowest BCUT2D eigenvalue weighted by atomic mass is 10.0. The number of hydrogen-bond acceptors (Lipinski definition) is 2. The van der Waals surface area contributed by atoms with E-state index in [0.717, 1.165) is 46.5 Å². The Morgan fingerprint density at radius 3 is 2.21 bits per heavy atom. The Kier molecular flexibility index (Phi) is 4.98. The molecule has 0 bridgehead atoms. The van der Waals surface area contributed by atoms with E-state index < -0.39 is 0 Å². The van der Waals surface area contributed by atoms with Crippen LogP contribution in [0.25, 0.3) is 22.4 Å². The quantitative estimate of drug-likeness (QED) is 0.479. The lowest BCUT2D eigenvalue weighted by Crippen LogP contribution is -1.95. The van der Waals surface area contributed by atoms with Crippen LogP contribution in [0.15, 0.2) is 73.1 Å². The monoisotopic (exact) mass is 375 g/mol. The molecule has 0 fully saturated rings. The van der Waals surface area contributed by atoms with E-state index in [4.69, 9.17) is 0 Å². The second kappa shape index (κ2) is 7.72. The molecule has 0 aliphatic carbocycles. The first-order valence-corrected chi connectivity index (χ1v) is 9.08. The van der Waals surface area contributed by atoms with Crippen molar-refractivity contribution in [2.24, 2.45) is 7.05 Å². The van der Waals surface area contributed by atoms with Crippen molar-refractivity contribution < 1.29 is 8.78 Å². The first-order valence-electron chi connectivity index (χ1n) is 9.08. The zero-order valence-electron chi connectivity index (χ0n) is 15.4. The molecule has 0 aliphatic heterocycles. The van der Waals surface area contributed by atoms with Gasteiger partial charge >= 0.3 is 0 Å². The molecule has 2 heterocycles. The molecule has 0 unspecified atom stereocenters. The number of pyridine rings is 1. The minimum absolute atomic E-state index is 0.228. The summed E-state index contributed by atoms with van der Waals surface area (Å²) in [6, 6.07) is 16.9. The van der Waals surface area contributed by atoms with E-state index in [2.05, 4.69) is 10.1 Å². The maximum absolute atomic E-state index is 13.3. The van der Waals surface area contributed by atoms with E-state index in [1.165, 1.54) is 24.3 Å². The van der Waals surface area contributed by atoms with E-state index in [9.17, 15) is 8.78 Å². The second-order valence-electron chi connectivity index (χ2n) is 6.73. The van der Waals surface area contributed by atoms with Gasteiger partial charge in [-0.15, -0.1) is 0 Å². The fraction of sp³-hybridized carbons (Fsp3) is 0.130. The van der Waals surface area contributed by atoms with Gasteiger partial charge < -0.3 is 0 Å². The highest BCUT2D eigenvalue weighted by molar-refractivity contribution is 5.80. The van der Waals surface area contributed by atoms with E-state index in [1.54, 1.807) is 35.1 Å². The molecule has 0 amide bonds. The standard InChI is InChI=1S/C23H19F2N3/c1-28-15-22(23(27-28)17-5-9-20(25)10-6-17)18-12-13-26-21(14-18)11-4-16-2-7-19(24)8-3-16/h2-3,5-10,12-15H,4,11H2,1H3. The van der Waals surface area contributed by atoms with Crippen molar-refractivity contribution in [3.05, 3.63) is 95.9 Å². The van der Waals surface area contributed by atoms with Crippen molar-refractivity contribution in [2.45, 2.75) is 12.8 Å². The van der Waals surface area contributed by atoms with Crippen molar-refractivity contribution in [1.82, 2.24) is 14.8 Å². The molecule has 2 aromatic heterocycles. The summed E-state index contributed by atoms with van der Waals surface area (Å²) < 4.78 is 28.1. The maximum atomic E-state index is 13.3. The molecule has 3 nitrogen and oxygen atoms in total. The molecule has 4 rings (SSSR count). The maximum Gasteiger partial charge on any atom is 0.123 e. The largest absolute Gasteiger partial charge is 0.275 e. The molecule has 4 aromatic rings. The van der Waals surface area contributed by atoms with Gasteiger partial charge in [-0.3, -0.25) is 9.67 Å². The van der Waals surface area contributed by atoms with E-state index in [1.807, 2.05) is 25.4 Å². The van der Waals surface area contributed by atoms with Crippen LogP contribution in [0.5, 0.6) is 0 Å². The Bertz CT molecular complexity index is 1080. The molecular weight excluding hydrogens is 356 g/mol. The summed E-state index contributed by atoms with van der Waals surface area (Å²) in [7, 11) is 1.87. The Hall–Kier alpha value is -3.34. The molecule has 0 saturated carbocycles. The lowest BCUT2D eigenvalue weighted by Gasteiger charge is -2.06. The first kappa shape index (κ1) is 18.0. The van der Waals surface area contributed by atoms with Crippen LogP contribution in [0.4, 0.5) is 8.78 Å². The molecule has 0 saturated heterocycles. The van der Waals surface area contributed by atoms with Crippen molar-refractivity contribution in [3.8, 4) is 22.4 Å². The second-order valence-corrected chi connectivity index (χ2v) is 6.73. The number of rotatable bonds is 5. The molecule has 0 atom stereocenters. The molecule has 28 heavy (non-hydrogen) atoms. The van der Waals surface area contributed by atoms with Gasteiger partial charge in [0.2, 0.25) is 0 Å². The van der Waals surface area contributed by atoms with Gasteiger partial charge in [-0.1, -0.05) is 12.1 Å². The molecule has 0 N–H and O–H groups in total. The third kappa shape index (κ3) is 3.98. The highest BCUT2D eigenvalue weighted by atomic mass is 19.1. The van der Waals surface area contributed by atoms with E-state index >= 15 is 0 Å². The number of halogens is 2. The molecule has 0 aliphatic rings. The summed E-state index contributed by atoms with van der Waals surface area (Å²) >= 11 is 0. The average Bonchev–Trinajstić information content (AvgIpc) is 3.10. The minimum Gasteiger partial charge on any atom is -0.275 e. The predicted molar refractivity (Wildman–Crippen MR) is 106 cm³/mol. The zero-order valence-corrected chi connectivity index (χ0v) is 15.4. The van der Waals surface area contributed by atoms with Crippen LogP contribution in [0, 0.1) is 11.6 Å². The van der Waals surface area contributed by atoms with E-state index in [-0.39, 0.29) is 11.6 Å². The summed E-state index contributed by atoms with van der Waals surface area (Å²) in [6.45, 7) is 0. The summed E-state index contributed by atoms with van der Waals surface area (Å²) in [5, 5.41) is 4.56. The van der Waals surface area contributed by atoms with Crippen LogP contribution in [0.1, 0.15) is 11.3 Å². The Morgan fingerprint density at radius 2 is 1.50 bits per heavy atom. The smallest absolute Gasteiger partial charge is 0.123 e. The van der Waals surface area contributed by atoms with Crippen LogP contribution < -0.4 is 0 Å². The highest BCUT2D eigenvalue weighted by Crippen LogP contribution is 2.31. The third-order valence-electron chi connectivity index (χ3n) is 4.66. The third-order valence-corrected chi connectivity index (χ3v) is 4.66. The molecule has 2 aromatic carbocycles. The normalized spacial score (nSPS) is 11.0. The van der Waals surface area contributed by atoms with Crippen LogP contribution >= 0.6 is 0 Å². The van der Waals surface area contributed by atoms with Crippen LogP contribution in [-0.2, 0) is 19.9 Å². The van der Waals surface area contributed by atoms with Crippen molar-refractivity contribution in [2.75, 3.05) is 0 Å². The Balaban J connectivity index is 1.61. The van der Waals surface area contributed by atoms with Gasteiger partial charge in [-0.2, -0.15) is 5.10 Å². The van der Waals surface area contributed by atoms with Crippen LogP contribution in [-0.4, -0.2) is 14.8 Å². The number of hydrogen-bond donors (Lipinski definition) is 0. The molecular formula is C23H19F2N3. The average molecular weight is 375 g/mol. The van der Waals surface area contributed by atoms with Crippen molar-refractivity contribution >= 4 is 0 Å². The summed E-state index contributed by atoms with van der Waals surface area (Å²) in [5.41, 5.74) is 5.67. The van der Waals surface area contributed by atoms with Gasteiger partial charge in [0.1, 0.15) is 17.3 Å². The van der Waals surface area contributed by atoms with Gasteiger partial charge in [0.15, 0.2) is 0 Å². The van der Waals surface area contributed by atoms with Crippen LogP contribution in [0.3, 0.4) is 0 Å². The highest BCUT2D eigenvalue weighted by Gasteiger charge is 2.13. The molecule has 0 spiro atoms.